The molecule has 0 aliphatic heterocycles. The van der Waals surface area contributed by atoms with Crippen molar-refractivity contribution < 1.29 is 14.3 Å². The maximum Gasteiger partial charge on any atom is 0.260 e. The molecule has 1 heterocycles. The molecule has 172 valence electrons. The summed E-state index contributed by atoms with van der Waals surface area (Å²) < 4.78 is 11.9. The number of anilines is 1. The number of hydrogen-bond acceptors (Lipinski definition) is 6. The topological polar surface area (TPSA) is 54.9 Å². The van der Waals surface area contributed by atoms with Gasteiger partial charge in [-0.05, 0) is 62.3 Å². The molecule has 3 rings (SSSR count). The highest BCUT2D eigenvalue weighted by atomic mass is 32.1. The SMILES string of the molecule is COc1ccc(OC)c2sc(N(CCCN(C)C)C(=O)c3ccc(C(C)(C)C)cc3)nc12. The molecule has 2 aromatic carbocycles. The van der Waals surface area contributed by atoms with Crippen LogP contribution in [0.3, 0.4) is 0 Å². The molecule has 0 aliphatic carbocycles. The summed E-state index contributed by atoms with van der Waals surface area (Å²) in [6, 6.07) is 11.6. The quantitative estimate of drug-likeness (QED) is 0.467. The van der Waals surface area contributed by atoms with E-state index in [0.29, 0.717) is 28.5 Å². The number of fused-ring (bicyclic) bond motifs is 1. The van der Waals surface area contributed by atoms with E-state index in [2.05, 4.69) is 25.7 Å². The Morgan fingerprint density at radius 3 is 2.16 bits per heavy atom. The number of aromatic nitrogens is 1. The minimum atomic E-state index is -0.0544. The summed E-state index contributed by atoms with van der Waals surface area (Å²) in [5.41, 5.74) is 2.59. The molecule has 0 radical (unpaired) electrons. The van der Waals surface area contributed by atoms with Crippen LogP contribution in [-0.2, 0) is 5.41 Å². The first-order valence-corrected chi connectivity index (χ1v) is 11.6. The van der Waals surface area contributed by atoms with E-state index < -0.39 is 0 Å². The molecule has 0 bridgehead atoms. The number of amides is 1. The molecule has 1 amide bonds. The van der Waals surface area contributed by atoms with E-state index in [4.69, 9.17) is 14.5 Å². The first-order valence-electron chi connectivity index (χ1n) is 10.7. The van der Waals surface area contributed by atoms with E-state index >= 15 is 0 Å². The van der Waals surface area contributed by atoms with E-state index in [1.807, 2.05) is 50.5 Å². The minimum Gasteiger partial charge on any atom is -0.495 e. The molecular weight excluding hydrogens is 422 g/mol. The van der Waals surface area contributed by atoms with Crippen molar-refractivity contribution >= 4 is 32.6 Å². The average molecular weight is 456 g/mol. The van der Waals surface area contributed by atoms with Gasteiger partial charge in [-0.1, -0.05) is 44.2 Å². The number of hydrogen-bond donors (Lipinski definition) is 0. The van der Waals surface area contributed by atoms with Gasteiger partial charge in [0.25, 0.3) is 5.91 Å². The van der Waals surface area contributed by atoms with E-state index in [1.165, 1.54) is 16.9 Å². The van der Waals surface area contributed by atoms with Crippen molar-refractivity contribution in [2.24, 2.45) is 0 Å². The number of benzene rings is 2. The van der Waals surface area contributed by atoms with Gasteiger partial charge in [-0.15, -0.1) is 0 Å². The lowest BCUT2D eigenvalue weighted by Crippen LogP contribution is -2.33. The van der Waals surface area contributed by atoms with Crippen LogP contribution >= 0.6 is 11.3 Å². The Kier molecular flexibility index (Phi) is 7.41. The number of carbonyl (C=O) groups excluding carboxylic acids is 1. The molecule has 0 saturated heterocycles. The second kappa shape index (κ2) is 9.88. The van der Waals surface area contributed by atoms with Crippen molar-refractivity contribution in [3.05, 3.63) is 47.5 Å². The Labute approximate surface area is 194 Å². The van der Waals surface area contributed by atoms with Crippen LogP contribution in [0.15, 0.2) is 36.4 Å². The Morgan fingerprint density at radius 1 is 0.969 bits per heavy atom. The van der Waals surface area contributed by atoms with E-state index in [0.717, 1.165) is 23.4 Å². The highest BCUT2D eigenvalue weighted by Gasteiger charge is 2.24. The molecule has 32 heavy (non-hydrogen) atoms. The monoisotopic (exact) mass is 455 g/mol. The van der Waals surface area contributed by atoms with Gasteiger partial charge in [-0.3, -0.25) is 9.69 Å². The maximum absolute atomic E-state index is 13.6. The summed E-state index contributed by atoms with van der Waals surface area (Å²) in [6.07, 6.45) is 0.836. The van der Waals surface area contributed by atoms with Gasteiger partial charge in [0.2, 0.25) is 0 Å². The fourth-order valence-corrected chi connectivity index (χ4v) is 4.59. The van der Waals surface area contributed by atoms with Gasteiger partial charge in [0, 0.05) is 12.1 Å². The van der Waals surface area contributed by atoms with Crippen LogP contribution in [0.4, 0.5) is 5.13 Å². The summed E-state index contributed by atoms with van der Waals surface area (Å²) in [7, 11) is 7.32. The van der Waals surface area contributed by atoms with Gasteiger partial charge in [0.05, 0.1) is 14.2 Å². The lowest BCUT2D eigenvalue weighted by atomic mass is 9.86. The minimum absolute atomic E-state index is 0.0348. The van der Waals surface area contributed by atoms with Crippen LogP contribution in [0.1, 0.15) is 43.1 Å². The summed E-state index contributed by atoms with van der Waals surface area (Å²) in [6.45, 7) is 7.95. The van der Waals surface area contributed by atoms with Gasteiger partial charge in [0.1, 0.15) is 21.7 Å². The summed E-state index contributed by atoms with van der Waals surface area (Å²) in [5.74, 6) is 1.33. The Bertz CT molecular complexity index is 1030. The van der Waals surface area contributed by atoms with Crippen molar-refractivity contribution in [2.45, 2.75) is 32.6 Å². The van der Waals surface area contributed by atoms with Gasteiger partial charge >= 0.3 is 0 Å². The smallest absolute Gasteiger partial charge is 0.260 e. The number of thiazole rings is 1. The highest BCUT2D eigenvalue weighted by molar-refractivity contribution is 7.22. The zero-order valence-corrected chi connectivity index (χ0v) is 20.9. The van der Waals surface area contributed by atoms with Gasteiger partial charge in [0.15, 0.2) is 5.13 Å². The van der Waals surface area contributed by atoms with E-state index in [-0.39, 0.29) is 11.3 Å². The first-order chi connectivity index (χ1) is 15.2. The zero-order chi connectivity index (χ0) is 23.5. The van der Waals surface area contributed by atoms with Crippen LogP contribution in [-0.4, -0.2) is 57.2 Å². The third-order valence-electron chi connectivity index (χ3n) is 5.36. The third kappa shape index (κ3) is 5.22. The lowest BCUT2D eigenvalue weighted by molar-refractivity contribution is 0.0986. The molecule has 0 fully saturated rings. The lowest BCUT2D eigenvalue weighted by Gasteiger charge is -2.22. The summed E-state index contributed by atoms with van der Waals surface area (Å²) in [4.78, 5) is 22.3. The summed E-state index contributed by atoms with van der Waals surface area (Å²) >= 11 is 1.45. The molecule has 6 nitrogen and oxygen atoms in total. The van der Waals surface area contributed by atoms with Crippen molar-refractivity contribution in [2.75, 3.05) is 46.3 Å². The van der Waals surface area contributed by atoms with Crippen LogP contribution in [0.2, 0.25) is 0 Å². The Hall–Kier alpha value is -2.64. The molecule has 0 aliphatic rings. The van der Waals surface area contributed by atoms with Crippen LogP contribution in [0.5, 0.6) is 11.5 Å². The van der Waals surface area contributed by atoms with Crippen molar-refractivity contribution in [1.82, 2.24) is 9.88 Å². The second-order valence-corrected chi connectivity index (χ2v) is 10.1. The molecular formula is C25H33N3O3S. The van der Waals surface area contributed by atoms with Crippen LogP contribution in [0.25, 0.3) is 10.2 Å². The molecule has 0 saturated carbocycles. The number of carbonyl (C=O) groups is 1. The molecule has 0 spiro atoms. The Balaban J connectivity index is 2.01. The zero-order valence-electron chi connectivity index (χ0n) is 20.1. The van der Waals surface area contributed by atoms with Crippen molar-refractivity contribution in [3.8, 4) is 11.5 Å². The fourth-order valence-electron chi connectivity index (χ4n) is 3.49. The molecule has 1 aromatic heterocycles. The van der Waals surface area contributed by atoms with E-state index in [1.54, 1.807) is 19.1 Å². The maximum atomic E-state index is 13.6. The number of ether oxygens (including phenoxy) is 2. The molecule has 0 unspecified atom stereocenters. The summed E-state index contributed by atoms with van der Waals surface area (Å²) in [5, 5.41) is 0.645. The van der Waals surface area contributed by atoms with Gasteiger partial charge in [-0.2, -0.15) is 0 Å². The Morgan fingerprint density at radius 2 is 1.59 bits per heavy atom. The normalized spacial score (nSPS) is 11.8. The van der Waals surface area contributed by atoms with Crippen LogP contribution in [0, 0.1) is 0 Å². The standard InChI is InChI=1S/C25H33N3O3S/c1-25(2,3)18-11-9-17(10-12-18)23(29)28(16-8-15-27(4)5)24-26-21-19(30-6)13-14-20(31-7)22(21)32-24/h9-14H,8,15-16H2,1-7H3. The highest BCUT2D eigenvalue weighted by Crippen LogP contribution is 2.40. The largest absolute Gasteiger partial charge is 0.495 e. The predicted molar refractivity (Wildman–Crippen MR) is 133 cm³/mol. The number of rotatable bonds is 8. The molecule has 0 N–H and O–H groups in total. The molecule has 3 aromatic rings. The van der Waals surface area contributed by atoms with Gasteiger partial charge < -0.3 is 14.4 Å². The van der Waals surface area contributed by atoms with Crippen molar-refractivity contribution in [1.29, 1.82) is 0 Å². The first kappa shape index (κ1) is 24.0. The number of methoxy groups -OCH3 is 2. The van der Waals surface area contributed by atoms with E-state index in [9.17, 15) is 4.79 Å². The predicted octanol–water partition coefficient (Wildman–Crippen LogP) is 5.21. The molecule has 0 atom stereocenters. The third-order valence-corrected chi connectivity index (χ3v) is 6.45. The van der Waals surface area contributed by atoms with Crippen LogP contribution < -0.4 is 14.4 Å². The van der Waals surface area contributed by atoms with Crippen molar-refractivity contribution in [3.63, 3.8) is 0 Å². The van der Waals surface area contributed by atoms with Gasteiger partial charge in [-0.25, -0.2) is 4.98 Å². The molecule has 7 heteroatoms. The number of nitrogens with zero attached hydrogens (tertiary/aromatic N) is 3. The second-order valence-electron chi connectivity index (χ2n) is 9.09. The fraction of sp³-hybridized carbons (Fsp3) is 0.440. The average Bonchev–Trinajstić information content (AvgIpc) is 3.20.